The number of amides is 1. The predicted molar refractivity (Wildman–Crippen MR) is 139 cm³/mol. The highest BCUT2D eigenvalue weighted by Gasteiger charge is 2.51. The van der Waals surface area contributed by atoms with Gasteiger partial charge in [-0.2, -0.15) is 0 Å². The number of ketones is 2. The largest absolute Gasteiger partial charge is 0.497 e. The first-order valence-electron chi connectivity index (χ1n) is 11.7. The maximum Gasteiger partial charge on any atom is 0.271 e. The second-order valence-corrected chi connectivity index (χ2v) is 9.29. The van der Waals surface area contributed by atoms with Crippen LogP contribution in [0.2, 0.25) is 5.02 Å². The molecule has 2 aliphatic rings. The first-order valence-corrected chi connectivity index (χ1v) is 12.1. The second kappa shape index (κ2) is 8.91. The molecule has 0 radical (unpaired) electrons. The number of anilines is 1. The molecule has 1 fully saturated rings. The highest BCUT2D eigenvalue weighted by atomic mass is 35.5. The van der Waals surface area contributed by atoms with Crippen molar-refractivity contribution >= 4 is 34.8 Å². The Labute approximate surface area is 218 Å². The summed E-state index contributed by atoms with van der Waals surface area (Å²) in [6, 6.07) is 25.4. The van der Waals surface area contributed by atoms with E-state index in [1.807, 2.05) is 0 Å². The number of ether oxygens (including phenoxy) is 2. The normalized spacial score (nSPS) is 18.1. The van der Waals surface area contributed by atoms with E-state index in [-0.39, 0.29) is 17.5 Å². The van der Waals surface area contributed by atoms with Crippen LogP contribution >= 0.6 is 11.6 Å². The molecule has 0 saturated carbocycles. The van der Waals surface area contributed by atoms with Gasteiger partial charge in [0.2, 0.25) is 6.10 Å². The summed E-state index contributed by atoms with van der Waals surface area (Å²) in [7, 11) is 1.58. The molecule has 6 rings (SSSR count). The monoisotopic (exact) mass is 509 g/mol. The van der Waals surface area contributed by atoms with Crippen molar-refractivity contribution in [3.63, 3.8) is 0 Å². The Balaban J connectivity index is 1.41. The van der Waals surface area contributed by atoms with Crippen molar-refractivity contribution < 1.29 is 23.9 Å². The van der Waals surface area contributed by atoms with E-state index >= 15 is 0 Å². The molecule has 182 valence electrons. The van der Waals surface area contributed by atoms with Crippen LogP contribution in [-0.4, -0.2) is 30.7 Å². The van der Waals surface area contributed by atoms with E-state index in [2.05, 4.69) is 0 Å². The lowest BCUT2D eigenvalue weighted by Crippen LogP contribution is -2.61. The Morgan fingerprint density at radius 3 is 1.95 bits per heavy atom. The Kier molecular flexibility index (Phi) is 5.54. The van der Waals surface area contributed by atoms with Crippen LogP contribution in [0.1, 0.15) is 43.4 Å². The van der Waals surface area contributed by atoms with Crippen LogP contribution in [0.15, 0.2) is 91.0 Å². The predicted octanol–water partition coefficient (Wildman–Crippen LogP) is 5.66. The van der Waals surface area contributed by atoms with Crippen molar-refractivity contribution in [2.45, 2.75) is 12.1 Å². The number of methoxy groups -OCH3 is 1. The standard InChI is InChI=1S/C30H20ClNO5/c1-36-20-13-9-19(10-14-20)32-26(29(30(32)35)37-21-11-7-18(31)8-12-21)17-6-15-24-25(16-17)28(34)23-5-3-2-4-22(23)27(24)33/h2-16,26,29H,1H3. The fourth-order valence-electron chi connectivity index (χ4n) is 4.89. The molecule has 0 bridgehead atoms. The van der Waals surface area contributed by atoms with Crippen LogP contribution in [0.3, 0.4) is 0 Å². The Morgan fingerprint density at radius 2 is 1.30 bits per heavy atom. The lowest BCUT2D eigenvalue weighted by Gasteiger charge is -2.46. The minimum atomic E-state index is -0.831. The number of fused-ring (bicyclic) bond motifs is 2. The maximum absolute atomic E-state index is 13.4. The summed E-state index contributed by atoms with van der Waals surface area (Å²) in [6.07, 6.45) is -0.831. The zero-order valence-corrected chi connectivity index (χ0v) is 20.4. The molecule has 1 amide bonds. The van der Waals surface area contributed by atoms with Crippen LogP contribution < -0.4 is 14.4 Å². The molecule has 2 atom stereocenters. The molecule has 1 saturated heterocycles. The summed E-state index contributed by atoms with van der Waals surface area (Å²) in [5.41, 5.74) is 2.80. The van der Waals surface area contributed by atoms with E-state index in [0.717, 1.165) is 0 Å². The SMILES string of the molecule is COc1ccc(N2C(=O)C(Oc3ccc(Cl)cc3)C2c2ccc3c(c2)C(=O)c2ccccc2C3=O)cc1. The van der Waals surface area contributed by atoms with Gasteiger partial charge in [0.25, 0.3) is 5.91 Å². The van der Waals surface area contributed by atoms with Crippen LogP contribution in [0.25, 0.3) is 0 Å². The van der Waals surface area contributed by atoms with E-state index in [0.29, 0.717) is 50.0 Å². The number of nitrogens with zero attached hydrogens (tertiary/aromatic N) is 1. The molecule has 0 aromatic heterocycles. The highest BCUT2D eigenvalue weighted by molar-refractivity contribution is 6.30. The van der Waals surface area contributed by atoms with Crippen molar-refractivity contribution in [1.29, 1.82) is 0 Å². The van der Waals surface area contributed by atoms with Crippen LogP contribution in [0.5, 0.6) is 11.5 Å². The zero-order chi connectivity index (χ0) is 25.7. The lowest BCUT2D eigenvalue weighted by molar-refractivity contribution is -0.135. The van der Waals surface area contributed by atoms with Gasteiger partial charge in [0, 0.05) is 33.0 Å². The zero-order valence-electron chi connectivity index (χ0n) is 19.7. The quantitative estimate of drug-likeness (QED) is 0.286. The van der Waals surface area contributed by atoms with E-state index in [1.165, 1.54) is 0 Å². The number of hydrogen-bond donors (Lipinski definition) is 0. The number of carbonyl (C=O) groups is 3. The maximum atomic E-state index is 13.4. The molecule has 6 nitrogen and oxygen atoms in total. The van der Waals surface area contributed by atoms with Crippen LogP contribution in [-0.2, 0) is 4.79 Å². The van der Waals surface area contributed by atoms with E-state index in [9.17, 15) is 14.4 Å². The number of carbonyl (C=O) groups excluding carboxylic acids is 3. The first-order chi connectivity index (χ1) is 18.0. The summed E-state index contributed by atoms with van der Waals surface area (Å²) in [5, 5.41) is 0.557. The van der Waals surface area contributed by atoms with E-state index < -0.39 is 12.1 Å². The van der Waals surface area contributed by atoms with Crippen molar-refractivity contribution in [1.82, 2.24) is 0 Å². The van der Waals surface area contributed by atoms with Gasteiger partial charge in [-0.15, -0.1) is 0 Å². The molecule has 4 aromatic rings. The lowest BCUT2D eigenvalue weighted by atomic mass is 9.81. The summed E-state index contributed by atoms with van der Waals surface area (Å²) < 4.78 is 11.4. The van der Waals surface area contributed by atoms with Gasteiger partial charge in [-0.05, 0) is 66.2 Å². The van der Waals surface area contributed by atoms with Crippen LogP contribution in [0, 0.1) is 0 Å². The average molecular weight is 510 g/mol. The van der Waals surface area contributed by atoms with Gasteiger partial charge < -0.3 is 9.47 Å². The molecule has 1 aliphatic heterocycles. The van der Waals surface area contributed by atoms with Gasteiger partial charge in [-0.1, -0.05) is 41.9 Å². The topological polar surface area (TPSA) is 72.9 Å². The molecule has 37 heavy (non-hydrogen) atoms. The molecule has 1 aliphatic carbocycles. The fourth-order valence-corrected chi connectivity index (χ4v) is 5.02. The van der Waals surface area contributed by atoms with Crippen molar-refractivity contribution in [3.8, 4) is 11.5 Å². The summed E-state index contributed by atoms with van der Waals surface area (Å²) in [4.78, 5) is 41.4. The van der Waals surface area contributed by atoms with Crippen LogP contribution in [0.4, 0.5) is 5.69 Å². The summed E-state index contributed by atoms with van der Waals surface area (Å²) >= 11 is 6.01. The summed E-state index contributed by atoms with van der Waals surface area (Å²) in [5.74, 6) is 0.529. The van der Waals surface area contributed by atoms with Gasteiger partial charge in [-0.25, -0.2) is 0 Å². The average Bonchev–Trinajstić information content (AvgIpc) is 2.94. The van der Waals surface area contributed by atoms with Gasteiger partial charge in [-0.3, -0.25) is 19.3 Å². The number of rotatable bonds is 5. The second-order valence-electron chi connectivity index (χ2n) is 8.85. The van der Waals surface area contributed by atoms with Gasteiger partial charge >= 0.3 is 0 Å². The Morgan fingerprint density at radius 1 is 0.703 bits per heavy atom. The smallest absolute Gasteiger partial charge is 0.271 e. The van der Waals surface area contributed by atoms with Crippen molar-refractivity contribution in [3.05, 3.63) is 124 Å². The molecule has 0 N–H and O–H groups in total. The van der Waals surface area contributed by atoms with Crippen molar-refractivity contribution in [2.75, 3.05) is 12.0 Å². The third-order valence-corrected chi connectivity index (χ3v) is 7.02. The third-order valence-electron chi connectivity index (χ3n) is 6.76. The third kappa shape index (κ3) is 3.77. The molecular weight excluding hydrogens is 490 g/mol. The number of benzene rings is 4. The molecule has 7 heteroatoms. The Hall–Kier alpha value is -4.42. The summed E-state index contributed by atoms with van der Waals surface area (Å²) in [6.45, 7) is 0. The number of halogens is 1. The van der Waals surface area contributed by atoms with Crippen molar-refractivity contribution in [2.24, 2.45) is 0 Å². The van der Waals surface area contributed by atoms with E-state index in [1.54, 1.807) is 103 Å². The van der Waals surface area contributed by atoms with Gasteiger partial charge in [0.15, 0.2) is 11.6 Å². The molecule has 4 aromatic carbocycles. The highest BCUT2D eigenvalue weighted by Crippen LogP contribution is 2.43. The number of hydrogen-bond acceptors (Lipinski definition) is 5. The van der Waals surface area contributed by atoms with E-state index in [4.69, 9.17) is 21.1 Å². The molecule has 1 heterocycles. The molecule has 0 spiro atoms. The number of β-lactam (4-membered cyclic amide) rings is 1. The fraction of sp³-hybridized carbons (Fsp3) is 0.100. The van der Waals surface area contributed by atoms with Gasteiger partial charge in [0.1, 0.15) is 17.5 Å². The first kappa shape index (κ1) is 23.0. The molecular formula is C30H20ClNO5. The Bertz CT molecular complexity index is 1560. The van der Waals surface area contributed by atoms with Gasteiger partial charge in [0.05, 0.1) is 7.11 Å². The minimum Gasteiger partial charge on any atom is -0.497 e. The minimum absolute atomic E-state index is 0.192. The molecule has 2 unspecified atom stereocenters.